The van der Waals surface area contributed by atoms with Crippen LogP contribution in [-0.4, -0.2) is 30.1 Å². The molecule has 4 rings (SSSR count). The van der Waals surface area contributed by atoms with Gasteiger partial charge in [-0.3, -0.25) is 9.69 Å². The van der Waals surface area contributed by atoms with Crippen molar-refractivity contribution >= 4 is 32.6 Å². The maximum atomic E-state index is 13.5. The molecule has 4 nitrogen and oxygen atoms in total. The molecule has 0 saturated carbocycles. The zero-order valence-corrected chi connectivity index (χ0v) is 17.7. The number of rotatable bonds is 4. The van der Waals surface area contributed by atoms with Crippen LogP contribution in [0.2, 0.25) is 0 Å². The smallest absolute Gasteiger partial charge is 0.260 e. The lowest BCUT2D eigenvalue weighted by molar-refractivity contribution is 0.0917. The lowest BCUT2D eigenvalue weighted by atomic mass is 10.1. The average molecular weight is 395 g/mol. The number of hydrogen-bond acceptors (Lipinski definition) is 4. The molecule has 5 heteroatoms. The normalized spacial score (nSPS) is 16.6. The molecule has 1 atom stereocenters. The number of amides is 1. The Kier molecular flexibility index (Phi) is 5.21. The summed E-state index contributed by atoms with van der Waals surface area (Å²) < 4.78 is 7.00. The number of carbonyl (C=O) groups excluding carboxylic acids is 1. The summed E-state index contributed by atoms with van der Waals surface area (Å²) in [6, 6.07) is 10.2. The van der Waals surface area contributed by atoms with Crippen LogP contribution in [0.3, 0.4) is 0 Å². The van der Waals surface area contributed by atoms with E-state index in [1.165, 1.54) is 5.56 Å². The molecule has 0 spiro atoms. The van der Waals surface area contributed by atoms with Crippen molar-refractivity contribution in [2.45, 2.75) is 46.6 Å². The minimum absolute atomic E-state index is 0.00309. The highest BCUT2D eigenvalue weighted by atomic mass is 32.1. The third-order valence-corrected chi connectivity index (χ3v) is 6.50. The van der Waals surface area contributed by atoms with E-state index in [9.17, 15) is 4.79 Å². The van der Waals surface area contributed by atoms with Crippen LogP contribution in [0.4, 0.5) is 5.13 Å². The van der Waals surface area contributed by atoms with Gasteiger partial charge in [0.25, 0.3) is 5.91 Å². The van der Waals surface area contributed by atoms with Gasteiger partial charge < -0.3 is 4.74 Å². The summed E-state index contributed by atoms with van der Waals surface area (Å²) in [6.45, 7) is 9.54. The minimum Gasteiger partial charge on any atom is -0.376 e. The maximum absolute atomic E-state index is 13.5. The van der Waals surface area contributed by atoms with Crippen molar-refractivity contribution in [1.29, 1.82) is 0 Å². The second-order valence-corrected chi connectivity index (χ2v) is 8.78. The molecule has 1 fully saturated rings. The van der Waals surface area contributed by atoms with Crippen molar-refractivity contribution in [3.63, 3.8) is 0 Å². The highest BCUT2D eigenvalue weighted by Gasteiger charge is 2.27. The quantitative estimate of drug-likeness (QED) is 0.598. The molecule has 0 N–H and O–H groups in total. The molecule has 1 aromatic heterocycles. The van der Waals surface area contributed by atoms with Gasteiger partial charge in [-0.05, 0) is 63.8 Å². The summed E-state index contributed by atoms with van der Waals surface area (Å²) in [6.07, 6.45) is 2.11. The summed E-state index contributed by atoms with van der Waals surface area (Å²) in [4.78, 5) is 20.2. The molecule has 3 aromatic rings. The van der Waals surface area contributed by atoms with E-state index < -0.39 is 0 Å². The highest BCUT2D eigenvalue weighted by molar-refractivity contribution is 7.22. The largest absolute Gasteiger partial charge is 0.376 e. The fourth-order valence-corrected chi connectivity index (χ4v) is 4.98. The number of aryl methyl sites for hydroxylation is 4. The van der Waals surface area contributed by atoms with Gasteiger partial charge in [0.15, 0.2) is 5.13 Å². The van der Waals surface area contributed by atoms with Crippen LogP contribution in [0.15, 0.2) is 30.3 Å². The van der Waals surface area contributed by atoms with Crippen LogP contribution < -0.4 is 4.90 Å². The summed E-state index contributed by atoms with van der Waals surface area (Å²) in [5.74, 6) is -0.00309. The van der Waals surface area contributed by atoms with Crippen molar-refractivity contribution in [3.8, 4) is 0 Å². The Balaban J connectivity index is 1.78. The number of carbonyl (C=O) groups is 1. The van der Waals surface area contributed by atoms with E-state index in [1.54, 1.807) is 11.3 Å². The van der Waals surface area contributed by atoms with Crippen LogP contribution in [0.1, 0.15) is 45.5 Å². The minimum atomic E-state index is -0.00309. The molecule has 1 amide bonds. The van der Waals surface area contributed by atoms with Crippen LogP contribution in [0, 0.1) is 27.7 Å². The Morgan fingerprint density at radius 3 is 2.50 bits per heavy atom. The molecule has 28 heavy (non-hydrogen) atoms. The standard InChI is InChI=1S/C23H26N2O2S/c1-14-10-15(2)12-18(11-14)22(26)25(13-19-6-5-9-27-19)23-24-20-16(3)7-8-17(4)21(20)28-23/h7-8,10-12,19H,5-6,9,13H2,1-4H3. The fraction of sp³-hybridized carbons (Fsp3) is 0.391. The van der Waals surface area contributed by atoms with Crippen LogP contribution in [0.5, 0.6) is 0 Å². The maximum Gasteiger partial charge on any atom is 0.260 e. The van der Waals surface area contributed by atoms with Gasteiger partial charge in [0.1, 0.15) is 0 Å². The van der Waals surface area contributed by atoms with Crippen LogP contribution in [0.25, 0.3) is 10.2 Å². The first-order chi connectivity index (χ1) is 13.4. The summed E-state index contributed by atoms with van der Waals surface area (Å²) in [5, 5.41) is 0.757. The molecule has 0 bridgehead atoms. The molecule has 146 valence electrons. The first-order valence-electron chi connectivity index (χ1n) is 9.81. The lowest BCUT2D eigenvalue weighted by Crippen LogP contribution is -2.37. The molecule has 1 saturated heterocycles. The number of benzene rings is 2. The second-order valence-electron chi connectivity index (χ2n) is 7.80. The highest BCUT2D eigenvalue weighted by Crippen LogP contribution is 2.34. The molecule has 1 aliphatic rings. The Labute approximate surface area is 170 Å². The molecule has 1 unspecified atom stereocenters. The van der Waals surface area contributed by atoms with Gasteiger partial charge in [-0.15, -0.1) is 0 Å². The van der Waals surface area contributed by atoms with E-state index in [1.807, 2.05) is 30.9 Å². The Bertz CT molecular complexity index is 975. The first-order valence-corrected chi connectivity index (χ1v) is 10.6. The molecule has 0 radical (unpaired) electrons. The van der Waals surface area contributed by atoms with E-state index in [-0.39, 0.29) is 12.0 Å². The van der Waals surface area contributed by atoms with Crippen molar-refractivity contribution in [3.05, 3.63) is 58.1 Å². The molecule has 1 aliphatic heterocycles. The topological polar surface area (TPSA) is 42.4 Å². The predicted octanol–water partition coefficient (Wildman–Crippen LogP) is 5.36. The zero-order valence-electron chi connectivity index (χ0n) is 16.9. The SMILES string of the molecule is Cc1cc(C)cc(C(=O)N(CC2CCCO2)c2nc3c(C)ccc(C)c3s2)c1. The lowest BCUT2D eigenvalue weighted by Gasteiger charge is -2.23. The molecule has 0 aliphatic carbocycles. The van der Waals surface area contributed by atoms with Gasteiger partial charge in [0, 0.05) is 12.2 Å². The van der Waals surface area contributed by atoms with Gasteiger partial charge in [-0.1, -0.05) is 40.7 Å². The Hall–Kier alpha value is -2.24. The Morgan fingerprint density at radius 1 is 1.14 bits per heavy atom. The summed E-state index contributed by atoms with van der Waals surface area (Å²) in [7, 11) is 0. The van der Waals surface area contributed by atoms with E-state index in [0.29, 0.717) is 12.1 Å². The number of fused-ring (bicyclic) bond motifs is 1. The van der Waals surface area contributed by atoms with Crippen molar-refractivity contribution in [2.75, 3.05) is 18.1 Å². The third-order valence-electron chi connectivity index (χ3n) is 5.29. The van der Waals surface area contributed by atoms with Crippen molar-refractivity contribution in [1.82, 2.24) is 4.98 Å². The van der Waals surface area contributed by atoms with Crippen molar-refractivity contribution in [2.24, 2.45) is 0 Å². The zero-order chi connectivity index (χ0) is 19.8. The molecular weight excluding hydrogens is 368 g/mol. The Morgan fingerprint density at radius 2 is 1.86 bits per heavy atom. The number of hydrogen-bond donors (Lipinski definition) is 0. The van der Waals surface area contributed by atoms with Crippen LogP contribution >= 0.6 is 11.3 Å². The second kappa shape index (κ2) is 7.64. The van der Waals surface area contributed by atoms with E-state index in [2.05, 4.69) is 32.0 Å². The van der Waals surface area contributed by atoms with Crippen LogP contribution in [-0.2, 0) is 4.74 Å². The van der Waals surface area contributed by atoms with E-state index in [0.717, 1.165) is 51.5 Å². The fourth-order valence-electron chi connectivity index (χ4n) is 3.86. The summed E-state index contributed by atoms with van der Waals surface area (Å²) >= 11 is 1.60. The van der Waals surface area contributed by atoms with Gasteiger partial charge in [0.05, 0.1) is 22.9 Å². The summed E-state index contributed by atoms with van der Waals surface area (Å²) in [5.41, 5.74) is 6.22. The van der Waals surface area contributed by atoms with Gasteiger partial charge in [-0.2, -0.15) is 0 Å². The number of thiazole rings is 1. The number of aromatic nitrogens is 1. The third kappa shape index (κ3) is 3.69. The number of nitrogens with zero attached hydrogens (tertiary/aromatic N) is 2. The monoisotopic (exact) mass is 394 g/mol. The van der Waals surface area contributed by atoms with Gasteiger partial charge >= 0.3 is 0 Å². The number of ether oxygens (including phenoxy) is 1. The molecular formula is C23H26N2O2S. The van der Waals surface area contributed by atoms with E-state index in [4.69, 9.17) is 9.72 Å². The van der Waals surface area contributed by atoms with Gasteiger partial charge in [-0.25, -0.2) is 4.98 Å². The number of anilines is 1. The van der Waals surface area contributed by atoms with Gasteiger partial charge in [0.2, 0.25) is 0 Å². The predicted molar refractivity (Wildman–Crippen MR) is 116 cm³/mol. The van der Waals surface area contributed by atoms with Crippen molar-refractivity contribution < 1.29 is 9.53 Å². The first kappa shape index (κ1) is 19.1. The molecule has 2 heterocycles. The average Bonchev–Trinajstić information content (AvgIpc) is 3.31. The molecule has 2 aromatic carbocycles. The van der Waals surface area contributed by atoms with E-state index >= 15 is 0 Å².